The SMILES string of the molecule is C=C/C=C\C(=C)CNc1cc[n+](CC(=O)c2ccc(C)cc2)c(CC)c1. The lowest BCUT2D eigenvalue weighted by molar-refractivity contribution is -0.690. The van der Waals surface area contributed by atoms with Crippen molar-refractivity contribution >= 4 is 11.5 Å². The molecule has 0 amide bonds. The molecule has 3 nitrogen and oxygen atoms in total. The molecule has 0 saturated heterocycles. The standard InChI is InChI=1S/C23H26N2O/c1-5-7-8-19(4)16-24-21-13-14-25(22(6-2)15-21)17-23(26)20-11-9-18(3)10-12-20/h5,7-15H,1,4,6,16-17H2,2-3H3/p+1/b8-7-. The molecule has 3 heteroatoms. The number of rotatable bonds is 9. The van der Waals surface area contributed by atoms with Gasteiger partial charge in [0.25, 0.3) is 0 Å². The average Bonchev–Trinajstić information content (AvgIpc) is 2.65. The third-order valence-electron chi connectivity index (χ3n) is 4.16. The monoisotopic (exact) mass is 347 g/mol. The predicted octanol–water partition coefficient (Wildman–Crippen LogP) is 4.44. The van der Waals surface area contributed by atoms with E-state index in [0.717, 1.165) is 34.5 Å². The van der Waals surface area contributed by atoms with Gasteiger partial charge >= 0.3 is 0 Å². The Labute approximate surface area is 156 Å². The summed E-state index contributed by atoms with van der Waals surface area (Å²) in [6.07, 6.45) is 8.36. The highest BCUT2D eigenvalue weighted by atomic mass is 16.1. The van der Waals surface area contributed by atoms with Crippen LogP contribution in [-0.4, -0.2) is 12.3 Å². The summed E-state index contributed by atoms with van der Waals surface area (Å²) in [5.41, 5.74) is 5.02. The van der Waals surface area contributed by atoms with Crippen LogP contribution in [0.1, 0.15) is 28.5 Å². The van der Waals surface area contributed by atoms with Crippen molar-refractivity contribution in [1.82, 2.24) is 0 Å². The van der Waals surface area contributed by atoms with E-state index in [1.165, 1.54) is 0 Å². The van der Waals surface area contributed by atoms with Crippen LogP contribution in [0.4, 0.5) is 5.69 Å². The molecule has 0 radical (unpaired) electrons. The number of anilines is 1. The van der Waals surface area contributed by atoms with Gasteiger partial charge in [0.2, 0.25) is 12.3 Å². The zero-order chi connectivity index (χ0) is 18.9. The molecule has 2 rings (SSSR count). The van der Waals surface area contributed by atoms with Gasteiger partial charge in [0, 0.05) is 36.3 Å². The molecular weight excluding hydrogens is 320 g/mol. The molecule has 0 unspecified atom stereocenters. The van der Waals surface area contributed by atoms with Gasteiger partial charge in [-0.25, -0.2) is 0 Å². The molecule has 0 aliphatic rings. The number of aromatic nitrogens is 1. The number of carbonyl (C=O) groups is 1. The second kappa shape index (κ2) is 9.52. The summed E-state index contributed by atoms with van der Waals surface area (Å²) in [7, 11) is 0. The van der Waals surface area contributed by atoms with E-state index in [9.17, 15) is 4.79 Å². The molecule has 0 atom stereocenters. The summed E-state index contributed by atoms with van der Waals surface area (Å²) in [6.45, 7) is 12.8. The summed E-state index contributed by atoms with van der Waals surface area (Å²) in [5, 5.41) is 3.36. The molecule has 0 aliphatic carbocycles. The van der Waals surface area contributed by atoms with Crippen LogP contribution in [0.3, 0.4) is 0 Å². The van der Waals surface area contributed by atoms with Crippen molar-refractivity contribution in [1.29, 1.82) is 0 Å². The van der Waals surface area contributed by atoms with Crippen LogP contribution in [0.15, 0.2) is 79.6 Å². The second-order valence-corrected chi connectivity index (χ2v) is 6.28. The van der Waals surface area contributed by atoms with E-state index in [1.807, 2.05) is 60.2 Å². The van der Waals surface area contributed by atoms with E-state index in [-0.39, 0.29) is 5.78 Å². The van der Waals surface area contributed by atoms with Crippen LogP contribution in [0, 0.1) is 6.92 Å². The van der Waals surface area contributed by atoms with E-state index in [2.05, 4.69) is 31.5 Å². The quantitative estimate of drug-likeness (QED) is 0.413. The first-order valence-electron chi connectivity index (χ1n) is 8.86. The van der Waals surface area contributed by atoms with Gasteiger partial charge in [0.1, 0.15) is 0 Å². The number of benzene rings is 1. The molecule has 1 aromatic heterocycles. The van der Waals surface area contributed by atoms with Gasteiger partial charge in [-0.05, 0) is 12.5 Å². The molecule has 1 N–H and O–H groups in total. The van der Waals surface area contributed by atoms with E-state index >= 15 is 0 Å². The fourth-order valence-corrected chi connectivity index (χ4v) is 2.61. The minimum Gasteiger partial charge on any atom is -0.381 e. The zero-order valence-corrected chi connectivity index (χ0v) is 15.7. The number of ketones is 1. The van der Waals surface area contributed by atoms with Gasteiger partial charge in [0.05, 0.1) is 0 Å². The number of pyridine rings is 1. The molecule has 1 aromatic carbocycles. The van der Waals surface area contributed by atoms with Gasteiger partial charge < -0.3 is 5.32 Å². The fraction of sp³-hybridized carbons (Fsp3) is 0.217. The molecule has 0 fully saturated rings. The molecule has 0 saturated carbocycles. The van der Waals surface area contributed by atoms with Crippen LogP contribution in [0.2, 0.25) is 0 Å². The first-order chi connectivity index (χ1) is 12.5. The van der Waals surface area contributed by atoms with Crippen LogP contribution >= 0.6 is 0 Å². The first-order valence-corrected chi connectivity index (χ1v) is 8.86. The van der Waals surface area contributed by atoms with Crippen molar-refractivity contribution in [3.8, 4) is 0 Å². The smallest absolute Gasteiger partial charge is 0.227 e. The molecule has 26 heavy (non-hydrogen) atoms. The van der Waals surface area contributed by atoms with E-state index in [1.54, 1.807) is 6.08 Å². The Morgan fingerprint density at radius 1 is 1.23 bits per heavy atom. The predicted molar refractivity (Wildman–Crippen MR) is 108 cm³/mol. The Morgan fingerprint density at radius 2 is 1.96 bits per heavy atom. The van der Waals surface area contributed by atoms with Gasteiger partial charge in [0.15, 0.2) is 11.9 Å². The van der Waals surface area contributed by atoms with Crippen molar-refractivity contribution < 1.29 is 9.36 Å². The number of Topliss-reactive ketones (excluding diaryl/α,β-unsaturated/α-hetero) is 1. The highest BCUT2D eigenvalue weighted by Gasteiger charge is 2.16. The van der Waals surface area contributed by atoms with Gasteiger partial charge in [-0.2, -0.15) is 4.57 Å². The summed E-state index contributed by atoms with van der Waals surface area (Å²) >= 11 is 0. The van der Waals surface area contributed by atoms with Crippen molar-refractivity contribution in [2.45, 2.75) is 26.8 Å². The van der Waals surface area contributed by atoms with E-state index < -0.39 is 0 Å². The summed E-state index contributed by atoms with van der Waals surface area (Å²) < 4.78 is 2.01. The van der Waals surface area contributed by atoms with Gasteiger partial charge in [-0.15, -0.1) is 0 Å². The van der Waals surface area contributed by atoms with Crippen molar-refractivity contribution in [3.05, 3.63) is 96.4 Å². The number of hydrogen-bond acceptors (Lipinski definition) is 2. The Morgan fingerprint density at radius 3 is 2.62 bits per heavy atom. The maximum Gasteiger partial charge on any atom is 0.227 e. The second-order valence-electron chi connectivity index (χ2n) is 6.28. The van der Waals surface area contributed by atoms with Crippen LogP contribution < -0.4 is 9.88 Å². The number of aryl methyl sites for hydroxylation is 2. The Balaban J connectivity index is 2.06. The lowest BCUT2D eigenvalue weighted by atomic mass is 10.1. The zero-order valence-electron chi connectivity index (χ0n) is 15.7. The minimum absolute atomic E-state index is 0.119. The summed E-state index contributed by atoms with van der Waals surface area (Å²) in [5.74, 6) is 0.119. The highest BCUT2D eigenvalue weighted by molar-refractivity contribution is 5.95. The molecule has 0 bridgehead atoms. The Hall–Kier alpha value is -2.94. The molecule has 134 valence electrons. The largest absolute Gasteiger partial charge is 0.381 e. The molecule has 0 aliphatic heterocycles. The maximum absolute atomic E-state index is 12.5. The van der Waals surface area contributed by atoms with Crippen molar-refractivity contribution in [2.24, 2.45) is 0 Å². The number of nitrogens with zero attached hydrogens (tertiary/aromatic N) is 1. The van der Waals surface area contributed by atoms with E-state index in [4.69, 9.17) is 0 Å². The number of hydrogen-bond donors (Lipinski definition) is 1. The van der Waals surface area contributed by atoms with Crippen molar-refractivity contribution in [3.63, 3.8) is 0 Å². The van der Waals surface area contributed by atoms with Crippen molar-refractivity contribution in [2.75, 3.05) is 11.9 Å². The van der Waals surface area contributed by atoms with Crippen LogP contribution in [0.25, 0.3) is 0 Å². The topological polar surface area (TPSA) is 33.0 Å². The van der Waals surface area contributed by atoms with Gasteiger partial charge in [-0.3, -0.25) is 4.79 Å². The van der Waals surface area contributed by atoms with Gasteiger partial charge in [-0.1, -0.05) is 68.1 Å². The highest BCUT2D eigenvalue weighted by Crippen LogP contribution is 2.10. The lowest BCUT2D eigenvalue weighted by Crippen LogP contribution is -2.41. The Bertz CT molecular complexity index is 817. The molecular formula is C23H27N2O+. The molecule has 0 spiro atoms. The minimum atomic E-state index is 0.119. The third-order valence-corrected chi connectivity index (χ3v) is 4.16. The number of carbonyl (C=O) groups excluding carboxylic acids is 1. The Kier molecular flexibility index (Phi) is 7.10. The molecule has 1 heterocycles. The average molecular weight is 347 g/mol. The molecule has 2 aromatic rings. The van der Waals surface area contributed by atoms with Crippen LogP contribution in [0.5, 0.6) is 0 Å². The lowest BCUT2D eigenvalue weighted by Gasteiger charge is -2.08. The third kappa shape index (κ3) is 5.55. The summed E-state index contributed by atoms with van der Waals surface area (Å²) in [6, 6.07) is 11.8. The first kappa shape index (κ1) is 19.4. The van der Waals surface area contributed by atoms with E-state index in [0.29, 0.717) is 13.1 Å². The number of nitrogens with one attached hydrogen (secondary N) is 1. The normalized spacial score (nSPS) is 10.7. The number of allylic oxidation sites excluding steroid dienone is 2. The fourth-order valence-electron chi connectivity index (χ4n) is 2.61. The summed E-state index contributed by atoms with van der Waals surface area (Å²) in [4.78, 5) is 12.5. The van der Waals surface area contributed by atoms with Crippen LogP contribution in [-0.2, 0) is 13.0 Å². The maximum atomic E-state index is 12.5.